The summed E-state index contributed by atoms with van der Waals surface area (Å²) in [5.41, 5.74) is 0.750. The summed E-state index contributed by atoms with van der Waals surface area (Å²) in [7, 11) is 0. The fraction of sp³-hybridized carbons (Fsp3) is 0.444. The highest BCUT2D eigenvalue weighted by atomic mass is 16.5. The van der Waals surface area contributed by atoms with Crippen molar-refractivity contribution in [1.82, 2.24) is 14.5 Å². The van der Waals surface area contributed by atoms with Crippen LogP contribution in [0.1, 0.15) is 33.1 Å². The average Bonchev–Trinajstić information content (AvgIpc) is 2.89. The number of para-hydroxylation sites is 1. The number of aromatic amines is 1. The van der Waals surface area contributed by atoms with Crippen molar-refractivity contribution in [2.24, 2.45) is 0 Å². The van der Waals surface area contributed by atoms with Crippen LogP contribution in [0.5, 0.6) is 11.5 Å². The predicted molar refractivity (Wildman–Crippen MR) is 140 cm³/mol. The highest BCUT2D eigenvalue weighted by Crippen LogP contribution is 2.30. The third kappa shape index (κ3) is 5.72. The Hall–Kier alpha value is -3.75. The van der Waals surface area contributed by atoms with E-state index in [-0.39, 0.29) is 18.0 Å². The second kappa shape index (κ2) is 11.8. The fourth-order valence-corrected chi connectivity index (χ4v) is 4.56. The Kier molecular flexibility index (Phi) is 8.30. The number of rotatable bonds is 10. The second-order valence-electron chi connectivity index (χ2n) is 8.76. The van der Waals surface area contributed by atoms with Crippen molar-refractivity contribution in [1.29, 1.82) is 0 Å². The molecule has 2 heterocycles. The topological polar surface area (TPSA) is 96.9 Å². The van der Waals surface area contributed by atoms with E-state index in [2.05, 4.69) is 22.0 Å². The van der Waals surface area contributed by atoms with Crippen molar-refractivity contribution in [2.45, 2.75) is 39.7 Å². The number of hydrogen-bond donors (Lipinski definition) is 1. The summed E-state index contributed by atoms with van der Waals surface area (Å²) in [5.74, 6) is 1.08. The molecule has 3 aromatic rings. The van der Waals surface area contributed by atoms with Gasteiger partial charge in [0, 0.05) is 50.9 Å². The zero-order valence-electron chi connectivity index (χ0n) is 21.0. The molecule has 0 atom stereocenters. The molecule has 192 valence electrons. The molecule has 9 nitrogen and oxygen atoms in total. The molecule has 1 aliphatic rings. The largest absolute Gasteiger partial charge is 0.490 e. The van der Waals surface area contributed by atoms with Gasteiger partial charge in [0.15, 0.2) is 11.5 Å². The van der Waals surface area contributed by atoms with Crippen LogP contribution in [0.25, 0.3) is 10.9 Å². The third-order valence-corrected chi connectivity index (χ3v) is 6.42. The standard InChI is InChI=1S/C27H34N4O5/c1-3-35-23-18-21-22(19-24(23)36-4-2)28-27(34)31(26(21)33)13-9-8-12-25(32)30-16-14-29(15-17-30)20-10-6-5-7-11-20/h5-7,10-11,18-19H,3-4,8-9,12-17H2,1-2H3,(H,28,34). The molecular formula is C27H34N4O5. The number of anilines is 1. The molecule has 1 amide bonds. The summed E-state index contributed by atoms with van der Waals surface area (Å²) < 4.78 is 12.4. The molecule has 0 saturated carbocycles. The van der Waals surface area contributed by atoms with Gasteiger partial charge in [-0.15, -0.1) is 0 Å². The maximum absolute atomic E-state index is 13.1. The zero-order chi connectivity index (χ0) is 25.5. The Morgan fingerprint density at radius 2 is 1.58 bits per heavy atom. The van der Waals surface area contributed by atoms with Gasteiger partial charge in [-0.05, 0) is 44.9 Å². The van der Waals surface area contributed by atoms with Crippen LogP contribution in [-0.4, -0.2) is 59.8 Å². The highest BCUT2D eigenvalue weighted by molar-refractivity contribution is 5.81. The van der Waals surface area contributed by atoms with Gasteiger partial charge >= 0.3 is 5.69 Å². The number of aromatic nitrogens is 2. The van der Waals surface area contributed by atoms with Gasteiger partial charge in [0.05, 0.1) is 24.1 Å². The smallest absolute Gasteiger partial charge is 0.328 e. The molecule has 9 heteroatoms. The van der Waals surface area contributed by atoms with Gasteiger partial charge in [-0.1, -0.05) is 18.2 Å². The van der Waals surface area contributed by atoms with Gasteiger partial charge in [0.25, 0.3) is 5.56 Å². The van der Waals surface area contributed by atoms with E-state index in [4.69, 9.17) is 9.47 Å². The zero-order valence-corrected chi connectivity index (χ0v) is 21.0. The Bertz CT molecular complexity index is 1290. The minimum absolute atomic E-state index is 0.118. The van der Waals surface area contributed by atoms with Crippen LogP contribution in [0.15, 0.2) is 52.1 Å². The minimum Gasteiger partial charge on any atom is -0.490 e. The number of hydrogen-bond acceptors (Lipinski definition) is 6. The van der Waals surface area contributed by atoms with Crippen molar-refractivity contribution in [3.05, 3.63) is 63.3 Å². The lowest BCUT2D eigenvalue weighted by Gasteiger charge is -2.36. The lowest BCUT2D eigenvalue weighted by molar-refractivity contribution is -0.131. The summed E-state index contributed by atoms with van der Waals surface area (Å²) >= 11 is 0. The molecule has 1 N–H and O–H groups in total. The molecule has 36 heavy (non-hydrogen) atoms. The van der Waals surface area contributed by atoms with Crippen LogP contribution in [0.3, 0.4) is 0 Å². The molecule has 0 unspecified atom stereocenters. The van der Waals surface area contributed by atoms with Crippen LogP contribution in [-0.2, 0) is 11.3 Å². The molecule has 1 fully saturated rings. The molecule has 1 aliphatic heterocycles. The van der Waals surface area contributed by atoms with Crippen LogP contribution in [0.4, 0.5) is 5.69 Å². The first-order chi connectivity index (χ1) is 17.5. The molecule has 0 spiro atoms. The third-order valence-electron chi connectivity index (χ3n) is 6.42. The fourth-order valence-electron chi connectivity index (χ4n) is 4.56. The monoisotopic (exact) mass is 494 g/mol. The average molecular weight is 495 g/mol. The number of benzene rings is 2. The molecule has 0 bridgehead atoms. The van der Waals surface area contributed by atoms with Crippen LogP contribution < -0.4 is 25.6 Å². The van der Waals surface area contributed by atoms with Gasteiger partial charge in [0.1, 0.15) is 0 Å². The van der Waals surface area contributed by atoms with Crippen molar-refractivity contribution in [2.75, 3.05) is 44.3 Å². The number of nitrogens with zero attached hydrogens (tertiary/aromatic N) is 3. The van der Waals surface area contributed by atoms with E-state index in [0.29, 0.717) is 68.0 Å². The van der Waals surface area contributed by atoms with Crippen LogP contribution in [0, 0.1) is 0 Å². The van der Waals surface area contributed by atoms with E-state index in [1.165, 1.54) is 10.3 Å². The number of unbranched alkanes of at least 4 members (excludes halogenated alkanes) is 1. The number of fused-ring (bicyclic) bond motifs is 1. The van der Waals surface area contributed by atoms with E-state index in [1.807, 2.05) is 36.9 Å². The molecular weight excluding hydrogens is 460 g/mol. The van der Waals surface area contributed by atoms with Gasteiger partial charge in [-0.2, -0.15) is 0 Å². The quantitative estimate of drug-likeness (QED) is 0.435. The van der Waals surface area contributed by atoms with E-state index in [9.17, 15) is 14.4 Å². The van der Waals surface area contributed by atoms with Crippen molar-refractivity contribution in [3.8, 4) is 11.5 Å². The summed E-state index contributed by atoms with van der Waals surface area (Å²) in [6.07, 6.45) is 1.56. The van der Waals surface area contributed by atoms with E-state index < -0.39 is 5.69 Å². The minimum atomic E-state index is -0.470. The first-order valence-corrected chi connectivity index (χ1v) is 12.7. The van der Waals surface area contributed by atoms with Gasteiger partial charge in [-0.25, -0.2) is 4.79 Å². The van der Waals surface area contributed by atoms with E-state index >= 15 is 0 Å². The molecule has 0 radical (unpaired) electrons. The van der Waals surface area contributed by atoms with Gasteiger partial charge < -0.3 is 24.3 Å². The molecule has 1 aromatic heterocycles. The number of carbonyl (C=O) groups excluding carboxylic acids is 1. The summed E-state index contributed by atoms with van der Waals surface area (Å²) in [6.45, 7) is 7.85. The summed E-state index contributed by atoms with van der Waals surface area (Å²) in [4.78, 5) is 45.3. The van der Waals surface area contributed by atoms with Crippen LogP contribution in [0.2, 0.25) is 0 Å². The maximum atomic E-state index is 13.1. The summed E-state index contributed by atoms with van der Waals surface area (Å²) in [5, 5.41) is 0.369. The van der Waals surface area contributed by atoms with Gasteiger partial charge in [-0.3, -0.25) is 14.2 Å². The number of ether oxygens (including phenoxy) is 2. The lowest BCUT2D eigenvalue weighted by atomic mass is 10.2. The second-order valence-corrected chi connectivity index (χ2v) is 8.76. The SMILES string of the molecule is CCOc1cc2[nH]c(=O)n(CCCCC(=O)N3CCN(c4ccccc4)CC3)c(=O)c2cc1OCC. The number of H-pyrrole nitrogens is 1. The Morgan fingerprint density at radius 3 is 2.25 bits per heavy atom. The van der Waals surface area contributed by atoms with Crippen molar-refractivity contribution >= 4 is 22.5 Å². The number of amides is 1. The normalized spacial score (nSPS) is 13.7. The highest BCUT2D eigenvalue weighted by Gasteiger charge is 2.21. The first-order valence-electron chi connectivity index (χ1n) is 12.7. The Labute approximate surface area is 210 Å². The van der Waals surface area contributed by atoms with Crippen molar-refractivity contribution < 1.29 is 14.3 Å². The van der Waals surface area contributed by atoms with Crippen molar-refractivity contribution in [3.63, 3.8) is 0 Å². The number of piperazine rings is 1. The molecule has 2 aromatic carbocycles. The summed E-state index contributed by atoms with van der Waals surface area (Å²) in [6, 6.07) is 13.5. The Morgan fingerprint density at radius 1 is 0.917 bits per heavy atom. The molecule has 4 rings (SSSR count). The molecule has 1 saturated heterocycles. The first kappa shape index (κ1) is 25.3. The lowest BCUT2D eigenvalue weighted by Crippen LogP contribution is -2.48. The maximum Gasteiger partial charge on any atom is 0.328 e. The van der Waals surface area contributed by atoms with Gasteiger partial charge in [0.2, 0.25) is 5.91 Å². The van der Waals surface area contributed by atoms with E-state index in [1.54, 1.807) is 12.1 Å². The predicted octanol–water partition coefficient (Wildman–Crippen LogP) is 3.01. The Balaban J connectivity index is 1.34. The van der Waals surface area contributed by atoms with E-state index in [0.717, 1.165) is 13.1 Å². The van der Waals surface area contributed by atoms with Crippen LogP contribution >= 0.6 is 0 Å². The molecule has 0 aliphatic carbocycles. The number of nitrogens with one attached hydrogen (secondary N) is 1. The number of carbonyl (C=O) groups is 1.